The van der Waals surface area contributed by atoms with Crippen LogP contribution in [0.2, 0.25) is 0 Å². The fourth-order valence-corrected chi connectivity index (χ4v) is 1.60. The SMILES string of the molecule is CCCCCC/C=C/CCCCCOC=O. The molecule has 2 nitrogen and oxygen atoms in total. The summed E-state index contributed by atoms with van der Waals surface area (Å²) in [5, 5.41) is 0. The highest BCUT2D eigenvalue weighted by atomic mass is 16.5. The van der Waals surface area contributed by atoms with E-state index >= 15 is 0 Å². The number of unbranched alkanes of at least 4 members (excludes halogenated alkanes) is 7. The van der Waals surface area contributed by atoms with E-state index in [0.717, 1.165) is 19.3 Å². The Balaban J connectivity index is 3.00. The molecule has 0 aromatic rings. The van der Waals surface area contributed by atoms with Gasteiger partial charge in [-0.25, -0.2) is 0 Å². The van der Waals surface area contributed by atoms with Gasteiger partial charge >= 0.3 is 0 Å². The lowest BCUT2D eigenvalue weighted by molar-refractivity contribution is -0.128. The molecule has 0 heterocycles. The van der Waals surface area contributed by atoms with Crippen molar-refractivity contribution in [3.8, 4) is 0 Å². The minimum Gasteiger partial charge on any atom is -0.468 e. The summed E-state index contributed by atoms with van der Waals surface area (Å²) < 4.78 is 4.62. The van der Waals surface area contributed by atoms with E-state index in [2.05, 4.69) is 23.8 Å². The quantitative estimate of drug-likeness (QED) is 0.282. The zero-order valence-electron chi connectivity index (χ0n) is 10.6. The van der Waals surface area contributed by atoms with E-state index in [9.17, 15) is 4.79 Å². The van der Waals surface area contributed by atoms with Gasteiger partial charge in [-0.2, -0.15) is 0 Å². The van der Waals surface area contributed by atoms with Crippen LogP contribution in [0.1, 0.15) is 64.7 Å². The molecule has 0 aliphatic heterocycles. The molecule has 0 saturated heterocycles. The normalized spacial score (nSPS) is 10.8. The van der Waals surface area contributed by atoms with Crippen LogP contribution >= 0.6 is 0 Å². The number of ether oxygens (including phenoxy) is 1. The highest BCUT2D eigenvalue weighted by Gasteiger charge is 1.88. The van der Waals surface area contributed by atoms with Crippen LogP contribution in [0.3, 0.4) is 0 Å². The van der Waals surface area contributed by atoms with Crippen LogP contribution in [0.5, 0.6) is 0 Å². The standard InChI is InChI=1S/C14H26O2/c1-2-3-4-5-6-7-8-9-10-11-12-13-16-14-15/h7-8,14H,2-6,9-13H2,1H3/b8-7+. The fourth-order valence-electron chi connectivity index (χ4n) is 1.60. The smallest absolute Gasteiger partial charge is 0.293 e. The van der Waals surface area contributed by atoms with Crippen LogP contribution in [0.15, 0.2) is 12.2 Å². The third-order valence-electron chi connectivity index (χ3n) is 2.59. The van der Waals surface area contributed by atoms with Gasteiger partial charge in [-0.1, -0.05) is 38.3 Å². The molecule has 0 spiro atoms. The molecule has 0 rings (SSSR count). The number of carbonyl (C=O) groups excluding carboxylic acids is 1. The highest BCUT2D eigenvalue weighted by molar-refractivity contribution is 5.36. The molecule has 0 N–H and O–H groups in total. The second kappa shape index (κ2) is 14.2. The predicted molar refractivity (Wildman–Crippen MR) is 68.4 cm³/mol. The first-order valence-corrected chi connectivity index (χ1v) is 6.62. The lowest BCUT2D eigenvalue weighted by Gasteiger charge is -1.97. The molecule has 16 heavy (non-hydrogen) atoms. The van der Waals surface area contributed by atoms with Crippen molar-refractivity contribution in [3.05, 3.63) is 12.2 Å². The maximum absolute atomic E-state index is 9.85. The Morgan fingerprint density at radius 2 is 1.50 bits per heavy atom. The number of hydrogen-bond acceptors (Lipinski definition) is 2. The number of allylic oxidation sites excluding steroid dienone is 2. The average Bonchev–Trinajstić information content (AvgIpc) is 2.31. The maximum Gasteiger partial charge on any atom is 0.293 e. The Bertz CT molecular complexity index is 164. The molecule has 0 aromatic heterocycles. The Morgan fingerprint density at radius 3 is 2.06 bits per heavy atom. The highest BCUT2D eigenvalue weighted by Crippen LogP contribution is 2.05. The summed E-state index contributed by atoms with van der Waals surface area (Å²) in [4.78, 5) is 9.85. The Labute approximate surface area is 100 Å². The summed E-state index contributed by atoms with van der Waals surface area (Å²) in [6, 6.07) is 0. The largest absolute Gasteiger partial charge is 0.468 e. The van der Waals surface area contributed by atoms with E-state index in [1.165, 1.54) is 38.5 Å². The first kappa shape index (κ1) is 15.2. The van der Waals surface area contributed by atoms with Gasteiger partial charge in [0.25, 0.3) is 6.47 Å². The van der Waals surface area contributed by atoms with Gasteiger partial charge in [0.2, 0.25) is 0 Å². The lowest BCUT2D eigenvalue weighted by atomic mass is 10.1. The van der Waals surface area contributed by atoms with Gasteiger partial charge in [0, 0.05) is 0 Å². The summed E-state index contributed by atoms with van der Waals surface area (Å²) in [6.07, 6.45) is 15.7. The van der Waals surface area contributed by atoms with Crippen molar-refractivity contribution in [2.75, 3.05) is 6.61 Å². The first-order valence-electron chi connectivity index (χ1n) is 6.62. The van der Waals surface area contributed by atoms with E-state index in [0.29, 0.717) is 13.1 Å². The number of hydrogen-bond donors (Lipinski definition) is 0. The van der Waals surface area contributed by atoms with Crippen molar-refractivity contribution < 1.29 is 9.53 Å². The van der Waals surface area contributed by atoms with Crippen molar-refractivity contribution in [3.63, 3.8) is 0 Å². The topological polar surface area (TPSA) is 26.3 Å². The van der Waals surface area contributed by atoms with Crippen molar-refractivity contribution in [2.24, 2.45) is 0 Å². The molecule has 0 saturated carbocycles. The van der Waals surface area contributed by atoms with Crippen molar-refractivity contribution in [1.82, 2.24) is 0 Å². The van der Waals surface area contributed by atoms with Crippen LogP contribution in [0, 0.1) is 0 Å². The van der Waals surface area contributed by atoms with Gasteiger partial charge < -0.3 is 4.74 Å². The summed E-state index contributed by atoms with van der Waals surface area (Å²) >= 11 is 0. The molecular formula is C14H26O2. The van der Waals surface area contributed by atoms with E-state index < -0.39 is 0 Å². The van der Waals surface area contributed by atoms with Gasteiger partial charge in [0.15, 0.2) is 0 Å². The third-order valence-corrected chi connectivity index (χ3v) is 2.59. The number of rotatable bonds is 12. The van der Waals surface area contributed by atoms with Crippen LogP contribution in [0.25, 0.3) is 0 Å². The Hall–Kier alpha value is -0.790. The van der Waals surface area contributed by atoms with Gasteiger partial charge in [-0.05, 0) is 38.5 Å². The molecular weight excluding hydrogens is 200 g/mol. The Morgan fingerprint density at radius 1 is 0.875 bits per heavy atom. The fraction of sp³-hybridized carbons (Fsp3) is 0.786. The molecule has 0 aliphatic rings. The number of carbonyl (C=O) groups is 1. The average molecular weight is 226 g/mol. The lowest BCUT2D eigenvalue weighted by Crippen LogP contribution is -1.90. The third kappa shape index (κ3) is 13.2. The molecule has 0 amide bonds. The minimum absolute atomic E-state index is 0.524. The van der Waals surface area contributed by atoms with Crippen molar-refractivity contribution in [2.45, 2.75) is 64.7 Å². The molecule has 0 unspecified atom stereocenters. The van der Waals surface area contributed by atoms with Gasteiger partial charge in [0.05, 0.1) is 6.61 Å². The monoisotopic (exact) mass is 226 g/mol. The zero-order chi connectivity index (χ0) is 11.9. The van der Waals surface area contributed by atoms with E-state index in [4.69, 9.17) is 0 Å². The molecule has 0 bridgehead atoms. The van der Waals surface area contributed by atoms with Gasteiger partial charge in [0.1, 0.15) is 0 Å². The van der Waals surface area contributed by atoms with Gasteiger partial charge in [-0.3, -0.25) is 4.79 Å². The van der Waals surface area contributed by atoms with E-state index in [-0.39, 0.29) is 0 Å². The van der Waals surface area contributed by atoms with E-state index in [1.54, 1.807) is 0 Å². The van der Waals surface area contributed by atoms with Crippen LogP contribution < -0.4 is 0 Å². The first-order chi connectivity index (χ1) is 7.91. The molecule has 94 valence electrons. The second-order valence-corrected chi connectivity index (χ2v) is 4.14. The summed E-state index contributed by atoms with van der Waals surface area (Å²) in [6.45, 7) is 3.34. The zero-order valence-corrected chi connectivity index (χ0v) is 10.6. The maximum atomic E-state index is 9.85. The summed E-state index contributed by atoms with van der Waals surface area (Å²) in [5.41, 5.74) is 0. The molecule has 0 aromatic carbocycles. The summed E-state index contributed by atoms with van der Waals surface area (Å²) in [5.74, 6) is 0. The van der Waals surface area contributed by atoms with E-state index in [1.807, 2.05) is 0 Å². The summed E-state index contributed by atoms with van der Waals surface area (Å²) in [7, 11) is 0. The van der Waals surface area contributed by atoms with Crippen LogP contribution in [-0.4, -0.2) is 13.1 Å². The van der Waals surface area contributed by atoms with Gasteiger partial charge in [-0.15, -0.1) is 0 Å². The second-order valence-electron chi connectivity index (χ2n) is 4.14. The van der Waals surface area contributed by atoms with Crippen molar-refractivity contribution in [1.29, 1.82) is 0 Å². The van der Waals surface area contributed by atoms with Crippen molar-refractivity contribution >= 4 is 6.47 Å². The molecule has 0 fully saturated rings. The van der Waals surface area contributed by atoms with Crippen LogP contribution in [-0.2, 0) is 9.53 Å². The van der Waals surface area contributed by atoms with Crippen LogP contribution in [0.4, 0.5) is 0 Å². The molecule has 0 atom stereocenters. The minimum atomic E-state index is 0.524. The predicted octanol–water partition coefficient (Wildman–Crippen LogP) is 4.25. The Kier molecular flexibility index (Phi) is 13.5. The molecule has 0 radical (unpaired) electrons. The molecule has 2 heteroatoms. The molecule has 0 aliphatic carbocycles.